The Morgan fingerprint density at radius 2 is 0.758 bits per heavy atom. The van der Waals surface area contributed by atoms with Crippen molar-refractivity contribution in [1.82, 2.24) is 0 Å². The Morgan fingerprint density at radius 1 is 0.515 bits per heavy atom. The van der Waals surface area contributed by atoms with Crippen molar-refractivity contribution in [3.8, 4) is 11.5 Å². The van der Waals surface area contributed by atoms with E-state index >= 15 is 0 Å². The lowest BCUT2D eigenvalue weighted by atomic mass is 10.1. The third-order valence-corrected chi connectivity index (χ3v) is 5.73. The van der Waals surface area contributed by atoms with Crippen molar-refractivity contribution in [3.63, 3.8) is 0 Å². The smallest absolute Gasteiger partial charge is 0.612 e. The second-order valence-corrected chi connectivity index (χ2v) is 8.70. The maximum absolute atomic E-state index is 13.0. The van der Waals surface area contributed by atoms with Gasteiger partial charge in [-0.2, -0.15) is 52.7 Å². The van der Waals surface area contributed by atoms with E-state index in [0.29, 0.717) is 0 Å². The standard InChI is InChI=1S/2C8H4F6O.C2H5.Al/c2*9-7(10,11)4-1-5(8(12,13)14)3-6(15)2-4;1-2;/h2*1-3,15H;1H2,2H3;/q;;;+2/p-2. The highest BCUT2D eigenvalue weighted by Crippen LogP contribution is 2.40. The summed E-state index contributed by atoms with van der Waals surface area (Å²) in [7, 11) is 0. The molecule has 0 aliphatic carbocycles. The molecule has 0 saturated heterocycles. The third kappa shape index (κ3) is 7.36. The van der Waals surface area contributed by atoms with Crippen LogP contribution in [0.15, 0.2) is 36.4 Å². The van der Waals surface area contributed by atoms with Crippen LogP contribution in [-0.4, -0.2) is 14.8 Å². The molecule has 0 aliphatic heterocycles. The predicted octanol–water partition coefficient (Wildman–Crippen LogP) is 7.73. The molecule has 0 aliphatic rings. The van der Waals surface area contributed by atoms with Crippen LogP contribution < -0.4 is 7.58 Å². The van der Waals surface area contributed by atoms with Crippen molar-refractivity contribution >= 4 is 14.8 Å². The average molecular weight is 514 g/mol. The molecule has 0 aromatic heterocycles. The summed E-state index contributed by atoms with van der Waals surface area (Å²) in [6.45, 7) is 1.29. The van der Waals surface area contributed by atoms with E-state index in [-0.39, 0.29) is 41.7 Å². The number of alkyl halides is 12. The molecule has 2 aromatic rings. The van der Waals surface area contributed by atoms with Crippen LogP contribution in [0.5, 0.6) is 11.5 Å². The van der Waals surface area contributed by atoms with Crippen LogP contribution >= 0.6 is 0 Å². The summed E-state index contributed by atoms with van der Waals surface area (Å²) in [6, 6.07) is 0.559. The Kier molecular flexibility index (Phi) is 7.50. The van der Waals surface area contributed by atoms with Gasteiger partial charge in [0.2, 0.25) is 0 Å². The molecule has 0 saturated carbocycles. The quantitative estimate of drug-likeness (QED) is 0.301. The van der Waals surface area contributed by atoms with Crippen molar-refractivity contribution in [3.05, 3.63) is 58.7 Å². The van der Waals surface area contributed by atoms with Crippen molar-refractivity contribution in [2.75, 3.05) is 0 Å². The van der Waals surface area contributed by atoms with Crippen LogP contribution in [0.1, 0.15) is 29.2 Å². The third-order valence-electron chi connectivity index (χ3n) is 3.99. The zero-order chi connectivity index (χ0) is 25.4. The Hall–Kier alpha value is -2.27. The van der Waals surface area contributed by atoms with E-state index < -0.39 is 73.3 Å². The van der Waals surface area contributed by atoms with Gasteiger partial charge in [-0.15, -0.1) is 0 Å². The largest absolute Gasteiger partial charge is 0.856 e. The number of hydrogen-bond donors (Lipinski definition) is 0. The molecule has 0 unspecified atom stereocenters. The first-order chi connectivity index (χ1) is 14.8. The van der Waals surface area contributed by atoms with Gasteiger partial charge in [-0.3, -0.25) is 0 Å². The van der Waals surface area contributed by atoms with Gasteiger partial charge in [-0.25, -0.2) is 0 Å². The van der Waals surface area contributed by atoms with E-state index in [1.165, 1.54) is 6.92 Å². The molecule has 0 atom stereocenters. The van der Waals surface area contributed by atoms with E-state index in [1.807, 2.05) is 0 Å². The molecule has 0 radical (unpaired) electrons. The number of benzene rings is 2. The lowest BCUT2D eigenvalue weighted by Gasteiger charge is -2.20. The minimum absolute atomic E-state index is 0.168. The Bertz CT molecular complexity index is 834. The first-order valence-electron chi connectivity index (χ1n) is 8.73. The first kappa shape index (κ1) is 27.0. The van der Waals surface area contributed by atoms with Crippen LogP contribution in [0.2, 0.25) is 5.28 Å². The van der Waals surface area contributed by atoms with E-state index in [1.54, 1.807) is 0 Å². The van der Waals surface area contributed by atoms with Crippen LogP contribution in [0.3, 0.4) is 0 Å². The van der Waals surface area contributed by atoms with E-state index in [4.69, 9.17) is 7.58 Å². The van der Waals surface area contributed by atoms with Gasteiger partial charge < -0.3 is 7.58 Å². The molecule has 0 bridgehead atoms. The highest BCUT2D eigenvalue weighted by molar-refractivity contribution is 6.46. The number of halogens is 12. The molecule has 2 aromatic carbocycles. The normalized spacial score (nSPS) is 13.1. The Labute approximate surface area is 182 Å². The Balaban J connectivity index is 2.44. The van der Waals surface area contributed by atoms with Crippen molar-refractivity contribution in [2.24, 2.45) is 0 Å². The molecule has 15 heteroatoms. The average Bonchev–Trinajstić information content (AvgIpc) is 2.64. The fourth-order valence-corrected chi connectivity index (χ4v) is 3.74. The van der Waals surface area contributed by atoms with Gasteiger partial charge in [0.15, 0.2) is 0 Å². The van der Waals surface area contributed by atoms with Crippen LogP contribution in [0, 0.1) is 0 Å². The molecule has 0 amide bonds. The van der Waals surface area contributed by atoms with Gasteiger partial charge in [-0.1, -0.05) is 6.92 Å². The zero-order valence-corrected chi connectivity index (χ0v) is 17.3. The molecule has 182 valence electrons. The zero-order valence-electron chi connectivity index (χ0n) is 16.1. The molecule has 0 heterocycles. The monoisotopic (exact) mass is 514 g/mol. The van der Waals surface area contributed by atoms with Crippen molar-refractivity contribution in [1.29, 1.82) is 0 Å². The van der Waals surface area contributed by atoms with E-state index in [2.05, 4.69) is 0 Å². The molecule has 0 spiro atoms. The summed E-state index contributed by atoms with van der Waals surface area (Å²) >= 11 is -3.43. The second-order valence-electron chi connectivity index (χ2n) is 6.56. The fraction of sp³-hybridized carbons (Fsp3) is 0.333. The van der Waals surface area contributed by atoms with Crippen molar-refractivity contribution < 1.29 is 60.3 Å². The molecule has 33 heavy (non-hydrogen) atoms. The van der Waals surface area contributed by atoms with E-state index in [9.17, 15) is 52.7 Å². The van der Waals surface area contributed by atoms with Gasteiger partial charge >= 0.3 is 39.5 Å². The summed E-state index contributed by atoms with van der Waals surface area (Å²) < 4.78 is 166. The van der Waals surface area contributed by atoms with Crippen molar-refractivity contribution in [2.45, 2.75) is 36.9 Å². The SMILES string of the molecule is C[CH2][Al]([O]c1cc(C(F)(F)F)cc(C(F)(F)F)c1)[O]c1cc(C(F)(F)F)cc(C(F)(F)F)c1. The summed E-state index contributed by atoms with van der Waals surface area (Å²) in [5.74, 6) is -1.89. The minimum atomic E-state index is -5.19. The molecular weight excluding hydrogens is 503 g/mol. The van der Waals surface area contributed by atoms with Gasteiger partial charge in [0.05, 0.1) is 33.8 Å². The first-order valence-corrected chi connectivity index (χ1v) is 10.5. The lowest BCUT2D eigenvalue weighted by Crippen LogP contribution is -2.29. The van der Waals surface area contributed by atoms with Gasteiger partial charge in [0.25, 0.3) is 0 Å². The lowest BCUT2D eigenvalue weighted by molar-refractivity contribution is -0.144. The molecular formula is C18H11AlF12O2. The van der Waals surface area contributed by atoms with Crippen LogP contribution in [-0.2, 0) is 24.7 Å². The molecule has 0 N–H and O–H groups in total. The number of hydrogen-bond acceptors (Lipinski definition) is 2. The van der Waals surface area contributed by atoms with Gasteiger partial charge in [0, 0.05) is 0 Å². The summed E-state index contributed by atoms with van der Waals surface area (Å²) in [6.07, 6.45) is -20.8. The van der Waals surface area contributed by atoms with Gasteiger partial charge in [-0.05, 0) is 41.7 Å². The fourth-order valence-electron chi connectivity index (χ4n) is 2.48. The summed E-state index contributed by atoms with van der Waals surface area (Å²) in [5, 5.41) is -0.227. The highest BCUT2D eigenvalue weighted by Gasteiger charge is 2.40. The number of rotatable bonds is 5. The maximum atomic E-state index is 13.0. The summed E-state index contributed by atoms with van der Waals surface area (Å²) in [4.78, 5) is 0. The topological polar surface area (TPSA) is 18.5 Å². The second kappa shape index (κ2) is 9.17. The van der Waals surface area contributed by atoms with E-state index in [0.717, 1.165) is 0 Å². The Morgan fingerprint density at radius 3 is 0.939 bits per heavy atom. The molecule has 2 nitrogen and oxygen atoms in total. The van der Waals surface area contributed by atoms with Crippen LogP contribution in [0.25, 0.3) is 0 Å². The summed E-state index contributed by atoms with van der Waals surface area (Å²) in [5.41, 5.74) is -6.85. The molecule has 0 fully saturated rings. The minimum Gasteiger partial charge on any atom is -0.612 e. The van der Waals surface area contributed by atoms with Gasteiger partial charge in [0.1, 0.15) is 0 Å². The van der Waals surface area contributed by atoms with Crippen LogP contribution in [0.4, 0.5) is 52.7 Å². The predicted molar refractivity (Wildman–Crippen MR) is 90.4 cm³/mol. The molecule has 2 rings (SSSR count). The maximum Gasteiger partial charge on any atom is 0.856 e. The highest BCUT2D eigenvalue weighted by atomic mass is 27.2.